The van der Waals surface area contributed by atoms with E-state index in [0.717, 1.165) is 27.8 Å². The number of phenolic OH excluding ortho intramolecular Hbond substituents is 1. The number of nitrogens with zero attached hydrogens (tertiary/aromatic N) is 3. The van der Waals surface area contributed by atoms with Gasteiger partial charge in [-0.2, -0.15) is 0 Å². The molecule has 0 aliphatic carbocycles. The number of hydrogen-bond donors (Lipinski definition) is 1. The number of hydrogen-bond acceptors (Lipinski definition) is 5. The SMILES string of the molecule is CCSc1nc(-c2ccc(O)c(OC)c2)cc2nccn12. The standard InChI is InChI=1S/C15H15N3O2S/c1-3-21-15-17-11(9-14-16-6-7-18(14)15)10-4-5-12(19)13(8-10)20-2/h4-9,19H,3H2,1-2H3. The maximum absolute atomic E-state index is 9.69. The molecule has 0 bridgehead atoms. The number of imidazole rings is 1. The Morgan fingerprint density at radius 3 is 2.95 bits per heavy atom. The molecule has 3 aromatic rings. The van der Waals surface area contributed by atoms with E-state index >= 15 is 0 Å². The molecule has 0 radical (unpaired) electrons. The van der Waals surface area contributed by atoms with Crippen molar-refractivity contribution in [3.8, 4) is 22.8 Å². The van der Waals surface area contributed by atoms with Crippen LogP contribution in [0, 0.1) is 0 Å². The van der Waals surface area contributed by atoms with Crippen LogP contribution in [0.25, 0.3) is 16.9 Å². The van der Waals surface area contributed by atoms with E-state index in [1.165, 1.54) is 7.11 Å². The van der Waals surface area contributed by atoms with Gasteiger partial charge in [0.05, 0.1) is 12.8 Å². The minimum atomic E-state index is 0.117. The number of benzene rings is 1. The van der Waals surface area contributed by atoms with Gasteiger partial charge in [0.25, 0.3) is 0 Å². The molecule has 2 aromatic heterocycles. The van der Waals surface area contributed by atoms with Crippen LogP contribution in [0.5, 0.6) is 11.5 Å². The molecule has 0 aliphatic heterocycles. The van der Waals surface area contributed by atoms with Gasteiger partial charge in [0, 0.05) is 24.0 Å². The van der Waals surface area contributed by atoms with E-state index in [-0.39, 0.29) is 5.75 Å². The van der Waals surface area contributed by atoms with Gasteiger partial charge >= 0.3 is 0 Å². The summed E-state index contributed by atoms with van der Waals surface area (Å²) in [6.45, 7) is 2.09. The summed E-state index contributed by atoms with van der Waals surface area (Å²) in [4.78, 5) is 9.02. The van der Waals surface area contributed by atoms with Gasteiger partial charge in [0.1, 0.15) is 5.65 Å². The number of aromatic nitrogens is 3. The molecule has 1 aromatic carbocycles. The summed E-state index contributed by atoms with van der Waals surface area (Å²) < 4.78 is 7.12. The molecule has 6 heteroatoms. The molecule has 0 unspecified atom stereocenters. The van der Waals surface area contributed by atoms with Crippen LogP contribution in [0.3, 0.4) is 0 Å². The summed E-state index contributed by atoms with van der Waals surface area (Å²) in [5.41, 5.74) is 2.54. The van der Waals surface area contributed by atoms with Gasteiger partial charge in [0.15, 0.2) is 16.7 Å². The minimum absolute atomic E-state index is 0.117. The zero-order chi connectivity index (χ0) is 14.8. The molecule has 0 atom stereocenters. The first-order chi connectivity index (χ1) is 10.2. The predicted molar refractivity (Wildman–Crippen MR) is 83.0 cm³/mol. The van der Waals surface area contributed by atoms with Crippen molar-refractivity contribution in [1.82, 2.24) is 14.4 Å². The first-order valence-electron chi connectivity index (χ1n) is 6.57. The molecule has 2 heterocycles. The van der Waals surface area contributed by atoms with Crippen molar-refractivity contribution < 1.29 is 9.84 Å². The Kier molecular flexibility index (Phi) is 3.70. The number of aromatic hydroxyl groups is 1. The summed E-state index contributed by atoms with van der Waals surface area (Å²) in [7, 11) is 1.53. The van der Waals surface area contributed by atoms with Gasteiger partial charge in [-0.1, -0.05) is 18.7 Å². The summed E-state index contributed by atoms with van der Waals surface area (Å²) in [5.74, 6) is 1.48. The van der Waals surface area contributed by atoms with Gasteiger partial charge in [-0.15, -0.1) is 0 Å². The highest BCUT2D eigenvalue weighted by molar-refractivity contribution is 7.99. The monoisotopic (exact) mass is 301 g/mol. The van der Waals surface area contributed by atoms with E-state index in [2.05, 4.69) is 16.9 Å². The lowest BCUT2D eigenvalue weighted by atomic mass is 10.1. The molecule has 0 saturated carbocycles. The maximum atomic E-state index is 9.69. The Labute approximate surface area is 126 Å². The highest BCUT2D eigenvalue weighted by Gasteiger charge is 2.10. The molecule has 0 amide bonds. The molecule has 0 spiro atoms. The smallest absolute Gasteiger partial charge is 0.174 e. The summed E-state index contributed by atoms with van der Waals surface area (Å²) >= 11 is 1.66. The number of fused-ring (bicyclic) bond motifs is 1. The summed E-state index contributed by atoms with van der Waals surface area (Å²) in [5, 5.41) is 10.6. The predicted octanol–water partition coefficient (Wildman–Crippen LogP) is 3.22. The molecule has 0 aliphatic rings. The van der Waals surface area contributed by atoms with Crippen molar-refractivity contribution in [1.29, 1.82) is 0 Å². The van der Waals surface area contributed by atoms with E-state index in [0.29, 0.717) is 5.75 Å². The second-order valence-corrected chi connectivity index (χ2v) is 5.63. The molecular weight excluding hydrogens is 286 g/mol. The second kappa shape index (κ2) is 5.65. The normalized spacial score (nSPS) is 11.0. The Balaban J connectivity index is 2.15. The Hall–Kier alpha value is -2.21. The topological polar surface area (TPSA) is 59.7 Å². The lowest BCUT2D eigenvalue weighted by Gasteiger charge is -2.09. The summed E-state index contributed by atoms with van der Waals surface area (Å²) in [6.07, 6.45) is 3.67. The fraction of sp³-hybridized carbons (Fsp3) is 0.200. The van der Waals surface area contributed by atoms with Crippen LogP contribution < -0.4 is 4.74 Å². The van der Waals surface area contributed by atoms with Crippen LogP contribution in [0.4, 0.5) is 0 Å². The second-order valence-electron chi connectivity index (χ2n) is 4.40. The van der Waals surface area contributed by atoms with Gasteiger partial charge in [-0.05, 0) is 24.0 Å². The van der Waals surface area contributed by atoms with Crippen LogP contribution in [0.15, 0.2) is 41.8 Å². The van der Waals surface area contributed by atoms with E-state index in [4.69, 9.17) is 4.74 Å². The Morgan fingerprint density at radius 2 is 2.19 bits per heavy atom. The molecule has 1 N–H and O–H groups in total. The van der Waals surface area contributed by atoms with E-state index in [9.17, 15) is 5.11 Å². The Bertz CT molecular complexity index is 786. The fourth-order valence-corrected chi connectivity index (χ4v) is 2.83. The number of thioether (sulfide) groups is 1. The number of phenols is 1. The van der Waals surface area contributed by atoms with Gasteiger partial charge in [-0.25, -0.2) is 9.97 Å². The van der Waals surface area contributed by atoms with E-state index in [1.54, 1.807) is 30.1 Å². The van der Waals surface area contributed by atoms with Crippen molar-refractivity contribution >= 4 is 17.4 Å². The van der Waals surface area contributed by atoms with Crippen molar-refractivity contribution in [2.45, 2.75) is 12.1 Å². The average molecular weight is 301 g/mol. The summed E-state index contributed by atoms with van der Waals surface area (Å²) in [6, 6.07) is 7.13. The third-order valence-corrected chi connectivity index (χ3v) is 3.94. The average Bonchev–Trinajstić information content (AvgIpc) is 2.96. The third kappa shape index (κ3) is 2.54. The van der Waals surface area contributed by atoms with Crippen molar-refractivity contribution in [2.24, 2.45) is 0 Å². The zero-order valence-electron chi connectivity index (χ0n) is 11.8. The fourth-order valence-electron chi connectivity index (χ4n) is 2.11. The van der Waals surface area contributed by atoms with Crippen LogP contribution in [0.1, 0.15) is 6.92 Å². The van der Waals surface area contributed by atoms with Gasteiger partial charge < -0.3 is 9.84 Å². The molecular formula is C15H15N3O2S. The van der Waals surface area contributed by atoms with Crippen molar-refractivity contribution in [3.63, 3.8) is 0 Å². The van der Waals surface area contributed by atoms with Crippen molar-refractivity contribution in [3.05, 3.63) is 36.7 Å². The number of rotatable bonds is 4. The van der Waals surface area contributed by atoms with E-state index in [1.807, 2.05) is 22.7 Å². The van der Waals surface area contributed by atoms with Gasteiger partial charge in [-0.3, -0.25) is 4.40 Å². The van der Waals surface area contributed by atoms with Gasteiger partial charge in [0.2, 0.25) is 0 Å². The zero-order valence-corrected chi connectivity index (χ0v) is 12.6. The lowest BCUT2D eigenvalue weighted by molar-refractivity contribution is 0.373. The van der Waals surface area contributed by atoms with Crippen molar-refractivity contribution in [2.75, 3.05) is 12.9 Å². The minimum Gasteiger partial charge on any atom is -0.504 e. The Morgan fingerprint density at radius 1 is 1.33 bits per heavy atom. The van der Waals surface area contributed by atoms with Crippen LogP contribution in [-0.4, -0.2) is 32.3 Å². The molecule has 0 fully saturated rings. The molecule has 21 heavy (non-hydrogen) atoms. The van der Waals surface area contributed by atoms with E-state index < -0.39 is 0 Å². The first kappa shape index (κ1) is 13.8. The molecule has 0 saturated heterocycles. The highest BCUT2D eigenvalue weighted by Crippen LogP contribution is 2.32. The van der Waals surface area contributed by atoms with Crippen LogP contribution in [-0.2, 0) is 0 Å². The largest absolute Gasteiger partial charge is 0.504 e. The first-order valence-corrected chi connectivity index (χ1v) is 7.55. The van der Waals surface area contributed by atoms with Crippen LogP contribution in [0.2, 0.25) is 0 Å². The maximum Gasteiger partial charge on any atom is 0.174 e. The quantitative estimate of drug-likeness (QED) is 0.592. The number of ether oxygens (including phenoxy) is 1. The lowest BCUT2D eigenvalue weighted by Crippen LogP contribution is -1.96. The molecule has 5 nitrogen and oxygen atoms in total. The highest BCUT2D eigenvalue weighted by atomic mass is 32.2. The molecule has 108 valence electrons. The third-order valence-electron chi connectivity index (χ3n) is 3.11. The van der Waals surface area contributed by atoms with Crippen LogP contribution >= 0.6 is 11.8 Å². The molecule has 3 rings (SSSR count). The number of methoxy groups -OCH3 is 1.